The summed E-state index contributed by atoms with van der Waals surface area (Å²) in [5.74, 6) is 0.534. The van der Waals surface area contributed by atoms with Gasteiger partial charge in [0, 0.05) is 36.7 Å². The molecule has 1 fully saturated rings. The molecule has 1 saturated heterocycles. The molecule has 5 nitrogen and oxygen atoms in total. The Bertz CT molecular complexity index is 527. The smallest absolute Gasteiger partial charge is 0.244 e. The zero-order valence-electron chi connectivity index (χ0n) is 10.0. The van der Waals surface area contributed by atoms with Crippen molar-refractivity contribution in [2.75, 3.05) is 33.3 Å². The van der Waals surface area contributed by atoms with Gasteiger partial charge in [0.1, 0.15) is 10.6 Å². The molecule has 0 saturated carbocycles. The lowest BCUT2D eigenvalue weighted by molar-refractivity contribution is 0.359. The van der Waals surface area contributed by atoms with Gasteiger partial charge in [0.2, 0.25) is 10.0 Å². The molecule has 1 aromatic rings. The Labute approximate surface area is 115 Å². The summed E-state index contributed by atoms with van der Waals surface area (Å²) in [5, 5.41) is 3.13. The lowest BCUT2D eigenvalue weighted by Crippen LogP contribution is -2.46. The summed E-state index contributed by atoms with van der Waals surface area (Å²) in [6, 6.07) is 4.95. The molecule has 0 radical (unpaired) electrons. The third-order valence-corrected chi connectivity index (χ3v) is 5.72. The summed E-state index contributed by atoms with van der Waals surface area (Å²) in [6.07, 6.45) is 0. The van der Waals surface area contributed by atoms with Crippen molar-refractivity contribution >= 4 is 26.0 Å². The van der Waals surface area contributed by atoms with Crippen LogP contribution in [0.4, 0.5) is 0 Å². The first-order chi connectivity index (χ1) is 8.55. The molecule has 2 rings (SSSR count). The van der Waals surface area contributed by atoms with E-state index < -0.39 is 10.0 Å². The number of nitrogens with one attached hydrogen (secondary N) is 1. The van der Waals surface area contributed by atoms with Crippen molar-refractivity contribution in [2.24, 2.45) is 0 Å². The third-order valence-electron chi connectivity index (χ3n) is 2.83. The monoisotopic (exact) mass is 334 g/mol. The maximum absolute atomic E-state index is 12.5. The van der Waals surface area contributed by atoms with Crippen LogP contribution in [0.15, 0.2) is 27.6 Å². The van der Waals surface area contributed by atoms with Gasteiger partial charge in [0.05, 0.1) is 7.11 Å². The number of piperazine rings is 1. The molecular weight excluding hydrogens is 320 g/mol. The van der Waals surface area contributed by atoms with Gasteiger partial charge < -0.3 is 10.1 Å². The van der Waals surface area contributed by atoms with E-state index in [-0.39, 0.29) is 4.90 Å². The normalized spacial score (nSPS) is 17.7. The predicted molar refractivity (Wildman–Crippen MR) is 72.3 cm³/mol. The van der Waals surface area contributed by atoms with Crippen LogP contribution >= 0.6 is 15.9 Å². The third kappa shape index (κ3) is 2.69. The molecule has 18 heavy (non-hydrogen) atoms. The Morgan fingerprint density at radius 2 is 2.00 bits per heavy atom. The van der Waals surface area contributed by atoms with Crippen LogP contribution in [0, 0.1) is 0 Å². The molecule has 0 aromatic heterocycles. The molecule has 0 amide bonds. The molecular formula is C11H15BrN2O3S. The fraction of sp³-hybridized carbons (Fsp3) is 0.455. The Morgan fingerprint density at radius 3 is 2.61 bits per heavy atom. The van der Waals surface area contributed by atoms with Gasteiger partial charge in [0.25, 0.3) is 0 Å². The van der Waals surface area contributed by atoms with Crippen LogP contribution in [0.5, 0.6) is 5.75 Å². The lowest BCUT2D eigenvalue weighted by atomic mass is 10.3. The van der Waals surface area contributed by atoms with Crippen LogP contribution in [0.2, 0.25) is 0 Å². The minimum atomic E-state index is -3.46. The largest absolute Gasteiger partial charge is 0.497 e. The van der Waals surface area contributed by atoms with Gasteiger partial charge in [-0.3, -0.25) is 0 Å². The van der Waals surface area contributed by atoms with E-state index in [0.717, 1.165) is 0 Å². The van der Waals surface area contributed by atoms with E-state index in [9.17, 15) is 8.42 Å². The topological polar surface area (TPSA) is 58.6 Å². The Morgan fingerprint density at radius 1 is 1.33 bits per heavy atom. The van der Waals surface area contributed by atoms with E-state index in [1.54, 1.807) is 18.2 Å². The first kappa shape index (κ1) is 13.8. The molecule has 0 spiro atoms. The maximum atomic E-state index is 12.5. The molecule has 0 atom stereocenters. The van der Waals surface area contributed by atoms with Gasteiger partial charge >= 0.3 is 0 Å². The van der Waals surface area contributed by atoms with Crippen LogP contribution in [-0.4, -0.2) is 46.0 Å². The number of hydrogen-bond acceptors (Lipinski definition) is 4. The van der Waals surface area contributed by atoms with Crippen LogP contribution in [0.3, 0.4) is 0 Å². The predicted octanol–water partition coefficient (Wildman–Crippen LogP) is 1.05. The molecule has 100 valence electrons. The average molecular weight is 335 g/mol. The standard InChI is InChI=1S/C11H15BrN2O3S/c1-17-9-2-3-10(12)11(8-9)18(15,16)14-6-4-13-5-7-14/h2-3,8,13H,4-7H2,1H3. The molecule has 1 aromatic carbocycles. The summed E-state index contributed by atoms with van der Waals surface area (Å²) in [6.45, 7) is 2.35. The second-order valence-corrected chi connectivity index (χ2v) is 6.71. The number of rotatable bonds is 3. The number of hydrogen-bond donors (Lipinski definition) is 1. The molecule has 0 aliphatic carbocycles. The highest BCUT2D eigenvalue weighted by Crippen LogP contribution is 2.29. The minimum Gasteiger partial charge on any atom is -0.497 e. The second-order valence-electron chi connectivity index (χ2n) is 3.95. The van der Waals surface area contributed by atoms with E-state index in [1.807, 2.05) is 0 Å². The van der Waals surface area contributed by atoms with E-state index in [2.05, 4.69) is 21.2 Å². The first-order valence-electron chi connectivity index (χ1n) is 5.60. The van der Waals surface area contributed by atoms with Crippen molar-refractivity contribution in [3.63, 3.8) is 0 Å². The zero-order valence-corrected chi connectivity index (χ0v) is 12.4. The SMILES string of the molecule is COc1ccc(Br)c(S(=O)(=O)N2CCNCC2)c1. The molecule has 1 aliphatic heterocycles. The summed E-state index contributed by atoms with van der Waals surface area (Å²) in [4.78, 5) is 0.253. The number of nitrogens with zero attached hydrogens (tertiary/aromatic N) is 1. The number of sulfonamides is 1. The van der Waals surface area contributed by atoms with Crippen molar-refractivity contribution in [3.8, 4) is 5.75 Å². The van der Waals surface area contributed by atoms with Crippen molar-refractivity contribution in [3.05, 3.63) is 22.7 Å². The van der Waals surface area contributed by atoms with Crippen LogP contribution in [0.1, 0.15) is 0 Å². The van der Waals surface area contributed by atoms with Crippen LogP contribution < -0.4 is 10.1 Å². The van der Waals surface area contributed by atoms with Crippen LogP contribution in [0.25, 0.3) is 0 Å². The van der Waals surface area contributed by atoms with Gasteiger partial charge in [-0.05, 0) is 28.1 Å². The molecule has 7 heteroatoms. The molecule has 1 N–H and O–H groups in total. The van der Waals surface area contributed by atoms with Crippen LogP contribution in [-0.2, 0) is 10.0 Å². The molecule has 0 bridgehead atoms. The zero-order chi connectivity index (χ0) is 13.2. The van der Waals surface area contributed by atoms with Crippen molar-refractivity contribution in [2.45, 2.75) is 4.90 Å². The molecule has 1 heterocycles. The van der Waals surface area contributed by atoms with E-state index in [1.165, 1.54) is 11.4 Å². The summed E-state index contributed by atoms with van der Waals surface area (Å²) >= 11 is 3.29. The second kappa shape index (κ2) is 5.56. The Hall–Kier alpha value is -0.630. The summed E-state index contributed by atoms with van der Waals surface area (Å²) < 4.78 is 32.1. The number of halogens is 1. The van der Waals surface area contributed by atoms with E-state index in [4.69, 9.17) is 4.74 Å². The lowest BCUT2D eigenvalue weighted by Gasteiger charge is -2.27. The van der Waals surface area contributed by atoms with Gasteiger partial charge in [0.15, 0.2) is 0 Å². The van der Waals surface area contributed by atoms with Gasteiger partial charge in [-0.25, -0.2) is 8.42 Å². The quantitative estimate of drug-likeness (QED) is 0.897. The Balaban J connectivity index is 2.39. The Kier molecular flexibility index (Phi) is 4.26. The van der Waals surface area contributed by atoms with Crippen molar-refractivity contribution in [1.82, 2.24) is 9.62 Å². The number of methoxy groups -OCH3 is 1. The highest BCUT2D eigenvalue weighted by Gasteiger charge is 2.28. The summed E-state index contributed by atoms with van der Waals surface area (Å²) in [7, 11) is -1.94. The fourth-order valence-corrected chi connectivity index (χ4v) is 4.21. The first-order valence-corrected chi connectivity index (χ1v) is 7.83. The maximum Gasteiger partial charge on any atom is 0.244 e. The van der Waals surface area contributed by atoms with Gasteiger partial charge in [-0.2, -0.15) is 4.31 Å². The van der Waals surface area contributed by atoms with E-state index >= 15 is 0 Å². The average Bonchev–Trinajstić information content (AvgIpc) is 2.40. The van der Waals surface area contributed by atoms with Gasteiger partial charge in [-0.1, -0.05) is 0 Å². The van der Waals surface area contributed by atoms with Crippen molar-refractivity contribution in [1.29, 1.82) is 0 Å². The highest BCUT2D eigenvalue weighted by atomic mass is 79.9. The fourth-order valence-electron chi connectivity index (χ4n) is 1.83. The number of benzene rings is 1. The van der Waals surface area contributed by atoms with E-state index in [0.29, 0.717) is 36.4 Å². The minimum absolute atomic E-state index is 0.253. The highest BCUT2D eigenvalue weighted by molar-refractivity contribution is 9.10. The summed E-state index contributed by atoms with van der Waals surface area (Å²) in [5.41, 5.74) is 0. The number of ether oxygens (including phenoxy) is 1. The van der Waals surface area contributed by atoms with Crippen molar-refractivity contribution < 1.29 is 13.2 Å². The molecule has 1 aliphatic rings. The molecule has 0 unspecified atom stereocenters. The van der Waals surface area contributed by atoms with Gasteiger partial charge in [-0.15, -0.1) is 0 Å².